The van der Waals surface area contributed by atoms with Gasteiger partial charge in [0, 0.05) is 13.1 Å². The lowest BCUT2D eigenvalue weighted by atomic mass is 10.1. The molecular weight excluding hydrogens is 306 g/mol. The highest BCUT2D eigenvalue weighted by atomic mass is 16.5. The molecule has 0 saturated heterocycles. The Kier molecular flexibility index (Phi) is 8.90. The fourth-order valence-electron chi connectivity index (χ4n) is 2.27. The fourth-order valence-corrected chi connectivity index (χ4v) is 2.27. The van der Waals surface area contributed by atoms with Gasteiger partial charge in [-0.2, -0.15) is 0 Å². The molecule has 0 aliphatic carbocycles. The van der Waals surface area contributed by atoms with Crippen molar-refractivity contribution < 1.29 is 19.1 Å². The van der Waals surface area contributed by atoms with Crippen LogP contribution in [0.3, 0.4) is 0 Å². The molecule has 24 heavy (non-hydrogen) atoms. The molecule has 5 nitrogen and oxygen atoms in total. The highest BCUT2D eigenvalue weighted by molar-refractivity contribution is 5.78. The molecule has 1 rings (SSSR count). The summed E-state index contributed by atoms with van der Waals surface area (Å²) in [5.74, 6) is 0.623. The SMILES string of the molecule is COC(=O)C(C)CN(CCC(C)C)C(=O)CCOc1ccccc1. The van der Waals surface area contributed by atoms with Crippen LogP contribution in [0.1, 0.15) is 33.6 Å². The van der Waals surface area contributed by atoms with Gasteiger partial charge in [0.1, 0.15) is 5.75 Å². The normalized spacial score (nSPS) is 11.9. The van der Waals surface area contributed by atoms with Crippen LogP contribution in [0.15, 0.2) is 30.3 Å². The van der Waals surface area contributed by atoms with Crippen molar-refractivity contribution in [1.82, 2.24) is 4.90 Å². The van der Waals surface area contributed by atoms with Gasteiger partial charge < -0.3 is 14.4 Å². The molecule has 1 unspecified atom stereocenters. The van der Waals surface area contributed by atoms with E-state index in [-0.39, 0.29) is 17.8 Å². The minimum absolute atomic E-state index is 0.00216. The maximum absolute atomic E-state index is 12.5. The monoisotopic (exact) mass is 335 g/mol. The van der Waals surface area contributed by atoms with Crippen molar-refractivity contribution in [3.8, 4) is 5.75 Å². The van der Waals surface area contributed by atoms with E-state index >= 15 is 0 Å². The Morgan fingerprint density at radius 3 is 2.38 bits per heavy atom. The van der Waals surface area contributed by atoms with E-state index in [1.807, 2.05) is 30.3 Å². The number of amides is 1. The number of hydrogen-bond donors (Lipinski definition) is 0. The number of hydrogen-bond acceptors (Lipinski definition) is 4. The molecule has 134 valence electrons. The van der Waals surface area contributed by atoms with Gasteiger partial charge in [-0.1, -0.05) is 39.0 Å². The summed E-state index contributed by atoms with van der Waals surface area (Å²) < 4.78 is 10.3. The zero-order valence-electron chi connectivity index (χ0n) is 15.2. The van der Waals surface area contributed by atoms with E-state index in [9.17, 15) is 9.59 Å². The van der Waals surface area contributed by atoms with Gasteiger partial charge in [-0.3, -0.25) is 9.59 Å². The lowest BCUT2D eigenvalue weighted by Crippen LogP contribution is -2.38. The number of esters is 1. The quantitative estimate of drug-likeness (QED) is 0.616. The topological polar surface area (TPSA) is 55.8 Å². The number of rotatable bonds is 10. The van der Waals surface area contributed by atoms with Gasteiger partial charge in [0.2, 0.25) is 5.91 Å². The Balaban J connectivity index is 2.53. The second kappa shape index (κ2) is 10.7. The van der Waals surface area contributed by atoms with Crippen LogP contribution in [0, 0.1) is 11.8 Å². The Labute approximate surface area is 144 Å². The van der Waals surface area contributed by atoms with Crippen molar-refractivity contribution in [1.29, 1.82) is 0 Å². The van der Waals surface area contributed by atoms with Crippen LogP contribution in [0.5, 0.6) is 5.75 Å². The average Bonchev–Trinajstić information content (AvgIpc) is 2.58. The second-order valence-corrected chi connectivity index (χ2v) is 6.36. The first-order chi connectivity index (χ1) is 11.4. The van der Waals surface area contributed by atoms with Crippen LogP contribution in [-0.4, -0.2) is 43.6 Å². The number of benzene rings is 1. The highest BCUT2D eigenvalue weighted by Gasteiger charge is 2.21. The number of methoxy groups -OCH3 is 1. The molecule has 1 atom stereocenters. The van der Waals surface area contributed by atoms with Crippen LogP contribution in [0.2, 0.25) is 0 Å². The van der Waals surface area contributed by atoms with E-state index < -0.39 is 0 Å². The Bertz CT molecular complexity index is 501. The van der Waals surface area contributed by atoms with Crippen molar-refractivity contribution >= 4 is 11.9 Å². The molecule has 0 fully saturated rings. The molecule has 5 heteroatoms. The van der Waals surface area contributed by atoms with E-state index in [2.05, 4.69) is 13.8 Å². The molecule has 0 saturated carbocycles. The van der Waals surface area contributed by atoms with E-state index in [1.54, 1.807) is 11.8 Å². The third kappa shape index (κ3) is 7.49. The van der Waals surface area contributed by atoms with Crippen molar-refractivity contribution in [3.63, 3.8) is 0 Å². The van der Waals surface area contributed by atoms with E-state index in [0.29, 0.717) is 32.0 Å². The summed E-state index contributed by atoms with van der Waals surface area (Å²) in [7, 11) is 1.37. The van der Waals surface area contributed by atoms with Crippen molar-refractivity contribution in [2.45, 2.75) is 33.6 Å². The molecule has 0 bridgehead atoms. The lowest BCUT2D eigenvalue weighted by molar-refractivity contribution is -0.146. The molecule has 0 spiro atoms. The minimum Gasteiger partial charge on any atom is -0.493 e. The standard InChI is InChI=1S/C19H29NO4/c1-15(2)10-12-20(14-16(3)19(22)23-4)18(21)11-13-24-17-8-6-5-7-9-17/h5-9,15-16H,10-14H2,1-4H3. The summed E-state index contributed by atoms with van der Waals surface area (Å²) in [4.78, 5) is 25.9. The van der Waals surface area contributed by atoms with Gasteiger partial charge in [0.15, 0.2) is 0 Å². The van der Waals surface area contributed by atoms with Crippen LogP contribution < -0.4 is 4.74 Å². The molecule has 1 aromatic rings. The van der Waals surface area contributed by atoms with Crippen molar-refractivity contribution in [3.05, 3.63) is 30.3 Å². The first kappa shape index (κ1) is 20.0. The third-order valence-electron chi connectivity index (χ3n) is 3.75. The van der Waals surface area contributed by atoms with Gasteiger partial charge >= 0.3 is 5.97 Å². The Morgan fingerprint density at radius 2 is 1.79 bits per heavy atom. The van der Waals surface area contributed by atoms with Gasteiger partial charge in [-0.15, -0.1) is 0 Å². The Hall–Kier alpha value is -2.04. The highest BCUT2D eigenvalue weighted by Crippen LogP contribution is 2.11. The van der Waals surface area contributed by atoms with Crippen molar-refractivity contribution in [2.24, 2.45) is 11.8 Å². The molecule has 0 radical (unpaired) electrons. The number of nitrogens with zero attached hydrogens (tertiary/aromatic N) is 1. The number of ether oxygens (including phenoxy) is 2. The molecule has 1 aromatic carbocycles. The van der Waals surface area contributed by atoms with E-state index in [0.717, 1.165) is 12.2 Å². The van der Waals surface area contributed by atoms with Crippen LogP contribution >= 0.6 is 0 Å². The van der Waals surface area contributed by atoms with Crippen LogP contribution in [0.4, 0.5) is 0 Å². The first-order valence-corrected chi connectivity index (χ1v) is 8.47. The van der Waals surface area contributed by atoms with Gasteiger partial charge in [-0.05, 0) is 24.5 Å². The average molecular weight is 335 g/mol. The lowest BCUT2D eigenvalue weighted by Gasteiger charge is -2.26. The number of carbonyl (C=O) groups excluding carboxylic acids is 2. The Morgan fingerprint density at radius 1 is 1.12 bits per heavy atom. The maximum Gasteiger partial charge on any atom is 0.310 e. The first-order valence-electron chi connectivity index (χ1n) is 8.47. The van der Waals surface area contributed by atoms with Crippen molar-refractivity contribution in [2.75, 3.05) is 26.8 Å². The molecule has 0 aromatic heterocycles. The molecule has 0 heterocycles. The zero-order chi connectivity index (χ0) is 17.9. The van der Waals surface area contributed by atoms with Gasteiger partial charge in [0.05, 0.1) is 26.1 Å². The molecule has 0 N–H and O–H groups in total. The largest absolute Gasteiger partial charge is 0.493 e. The molecule has 0 aliphatic heterocycles. The second-order valence-electron chi connectivity index (χ2n) is 6.36. The summed E-state index contributed by atoms with van der Waals surface area (Å²) in [5.41, 5.74) is 0. The van der Waals surface area contributed by atoms with E-state index in [1.165, 1.54) is 7.11 Å². The van der Waals surface area contributed by atoms with Crippen LogP contribution in [0.25, 0.3) is 0 Å². The summed E-state index contributed by atoms with van der Waals surface area (Å²) in [6.07, 6.45) is 1.19. The fraction of sp³-hybridized carbons (Fsp3) is 0.579. The number of para-hydroxylation sites is 1. The smallest absolute Gasteiger partial charge is 0.310 e. The zero-order valence-corrected chi connectivity index (χ0v) is 15.2. The van der Waals surface area contributed by atoms with Gasteiger partial charge in [0.25, 0.3) is 0 Å². The maximum atomic E-state index is 12.5. The molecule has 0 aliphatic rings. The predicted molar refractivity (Wildman–Crippen MR) is 93.8 cm³/mol. The predicted octanol–water partition coefficient (Wildman–Crippen LogP) is 3.14. The summed E-state index contributed by atoms with van der Waals surface area (Å²) in [5, 5.41) is 0. The molecule has 1 amide bonds. The third-order valence-corrected chi connectivity index (χ3v) is 3.75. The van der Waals surface area contributed by atoms with Gasteiger partial charge in [-0.25, -0.2) is 0 Å². The van der Waals surface area contributed by atoms with Crippen LogP contribution in [-0.2, 0) is 14.3 Å². The minimum atomic E-state index is -0.332. The summed E-state index contributed by atoms with van der Waals surface area (Å²) >= 11 is 0. The summed E-state index contributed by atoms with van der Waals surface area (Å²) in [6.45, 7) is 7.36. The number of carbonyl (C=O) groups is 2. The summed E-state index contributed by atoms with van der Waals surface area (Å²) in [6, 6.07) is 9.43. The van der Waals surface area contributed by atoms with E-state index in [4.69, 9.17) is 9.47 Å². The molecular formula is C19H29NO4.